The van der Waals surface area contributed by atoms with Gasteiger partial charge in [0.2, 0.25) is 0 Å². The van der Waals surface area contributed by atoms with Gasteiger partial charge in [0.25, 0.3) is 0 Å². The molecule has 5 unspecified atom stereocenters. The zero-order valence-corrected chi connectivity index (χ0v) is 11.5. The Bertz CT molecular complexity index is 615. The van der Waals surface area contributed by atoms with Gasteiger partial charge in [0.15, 0.2) is 0 Å². The maximum Gasteiger partial charge on any atom is 0.134 e. The first-order valence-electron chi connectivity index (χ1n) is 7.81. The summed E-state index contributed by atoms with van der Waals surface area (Å²) in [5, 5.41) is 1.18. The molecule has 104 valence electrons. The summed E-state index contributed by atoms with van der Waals surface area (Å²) >= 11 is 0. The fourth-order valence-corrected chi connectivity index (χ4v) is 5.38. The van der Waals surface area contributed by atoms with E-state index >= 15 is 0 Å². The lowest BCUT2D eigenvalue weighted by Gasteiger charge is -2.17. The van der Waals surface area contributed by atoms with Gasteiger partial charge in [0.05, 0.1) is 6.04 Å². The van der Waals surface area contributed by atoms with Gasteiger partial charge in [-0.05, 0) is 61.0 Å². The molecule has 0 amide bonds. The Balaban J connectivity index is 1.49. The van der Waals surface area contributed by atoms with Crippen molar-refractivity contribution in [3.8, 4) is 0 Å². The zero-order chi connectivity index (χ0) is 13.3. The van der Waals surface area contributed by atoms with Gasteiger partial charge in [0, 0.05) is 5.39 Å². The Kier molecular flexibility index (Phi) is 2.19. The highest BCUT2D eigenvalue weighted by molar-refractivity contribution is 5.77. The molecule has 3 nitrogen and oxygen atoms in total. The molecule has 3 aliphatic carbocycles. The minimum atomic E-state index is 0.195. The number of fused-ring (bicyclic) bond motifs is 6. The standard InChI is InChI=1S/C17H20N2O/c18-19-17(13-8-9-3-1-2-4-12(9)20-13)16-14-10-5-6-11(7-10)15(14)16/h1-4,8,10-11,14-17,19H,5-7,18H2. The van der Waals surface area contributed by atoms with Crippen LogP contribution >= 0.6 is 0 Å². The summed E-state index contributed by atoms with van der Waals surface area (Å²) in [5.41, 5.74) is 4.01. The molecule has 1 aromatic heterocycles. The van der Waals surface area contributed by atoms with Crippen LogP contribution in [0.15, 0.2) is 34.7 Å². The third-order valence-electron chi connectivity index (χ3n) is 6.11. The van der Waals surface area contributed by atoms with E-state index in [1.165, 1.54) is 24.6 Å². The van der Waals surface area contributed by atoms with Gasteiger partial charge in [-0.3, -0.25) is 5.84 Å². The first kappa shape index (κ1) is 11.4. The molecule has 0 radical (unpaired) electrons. The SMILES string of the molecule is NNC(c1cc2ccccc2o1)C1C2C3CCC(C3)C21. The molecule has 1 aromatic carbocycles. The van der Waals surface area contributed by atoms with Gasteiger partial charge in [-0.2, -0.15) is 0 Å². The zero-order valence-electron chi connectivity index (χ0n) is 11.5. The fourth-order valence-electron chi connectivity index (χ4n) is 5.38. The third-order valence-corrected chi connectivity index (χ3v) is 6.11. The van der Waals surface area contributed by atoms with E-state index in [-0.39, 0.29) is 6.04 Å². The average Bonchev–Trinajstić information content (AvgIpc) is 2.86. The van der Waals surface area contributed by atoms with E-state index in [0.29, 0.717) is 5.92 Å². The van der Waals surface area contributed by atoms with E-state index in [2.05, 4.69) is 23.6 Å². The average molecular weight is 268 g/mol. The quantitative estimate of drug-likeness (QED) is 0.664. The summed E-state index contributed by atoms with van der Waals surface area (Å²) in [6, 6.07) is 10.6. The highest BCUT2D eigenvalue weighted by atomic mass is 16.3. The summed E-state index contributed by atoms with van der Waals surface area (Å²) in [7, 11) is 0. The van der Waals surface area contributed by atoms with Crippen molar-refractivity contribution in [2.45, 2.75) is 25.3 Å². The molecule has 3 saturated carbocycles. The molecule has 3 N–H and O–H groups in total. The second kappa shape index (κ2) is 3.86. The Hall–Kier alpha value is -1.32. The van der Waals surface area contributed by atoms with Crippen LogP contribution in [0.4, 0.5) is 0 Å². The lowest BCUT2D eigenvalue weighted by Crippen LogP contribution is -2.31. The lowest BCUT2D eigenvalue weighted by atomic mass is 9.96. The normalized spacial score (nSPS) is 39.1. The van der Waals surface area contributed by atoms with E-state index in [0.717, 1.165) is 35.0 Å². The van der Waals surface area contributed by atoms with Crippen molar-refractivity contribution in [1.29, 1.82) is 0 Å². The number of nitrogens with two attached hydrogens (primary N) is 1. The number of benzene rings is 1. The molecule has 3 aliphatic rings. The van der Waals surface area contributed by atoms with Crippen LogP contribution in [0.1, 0.15) is 31.1 Å². The van der Waals surface area contributed by atoms with Crippen LogP contribution in [0, 0.1) is 29.6 Å². The molecule has 5 atom stereocenters. The van der Waals surface area contributed by atoms with Gasteiger partial charge < -0.3 is 4.42 Å². The minimum Gasteiger partial charge on any atom is -0.459 e. The van der Waals surface area contributed by atoms with Gasteiger partial charge in [-0.25, -0.2) is 5.43 Å². The largest absolute Gasteiger partial charge is 0.459 e. The lowest BCUT2D eigenvalue weighted by molar-refractivity contribution is 0.334. The molecule has 0 spiro atoms. The number of rotatable bonds is 3. The van der Waals surface area contributed by atoms with Crippen LogP contribution in [0.5, 0.6) is 0 Å². The van der Waals surface area contributed by atoms with Crippen LogP contribution in [-0.2, 0) is 0 Å². The predicted molar refractivity (Wildman–Crippen MR) is 77.6 cm³/mol. The van der Waals surface area contributed by atoms with Crippen molar-refractivity contribution in [2.75, 3.05) is 0 Å². The first-order valence-corrected chi connectivity index (χ1v) is 7.81. The summed E-state index contributed by atoms with van der Waals surface area (Å²) in [5.74, 6) is 11.3. The van der Waals surface area contributed by atoms with Gasteiger partial charge >= 0.3 is 0 Å². The minimum absolute atomic E-state index is 0.195. The Morgan fingerprint density at radius 3 is 2.60 bits per heavy atom. The number of hydrogen-bond donors (Lipinski definition) is 2. The highest BCUT2D eigenvalue weighted by Crippen LogP contribution is 2.72. The van der Waals surface area contributed by atoms with Gasteiger partial charge in [-0.15, -0.1) is 0 Å². The number of hydrogen-bond acceptors (Lipinski definition) is 3. The molecule has 3 heteroatoms. The maximum absolute atomic E-state index is 6.04. The van der Waals surface area contributed by atoms with Crippen molar-refractivity contribution in [3.05, 3.63) is 36.1 Å². The molecular weight excluding hydrogens is 248 g/mol. The fraction of sp³-hybridized carbons (Fsp3) is 0.529. The second-order valence-corrected chi connectivity index (χ2v) is 6.90. The van der Waals surface area contributed by atoms with Crippen LogP contribution in [-0.4, -0.2) is 0 Å². The van der Waals surface area contributed by atoms with E-state index in [1.54, 1.807) is 0 Å². The topological polar surface area (TPSA) is 51.2 Å². The summed E-state index contributed by atoms with van der Waals surface area (Å²) in [6.07, 6.45) is 4.36. The van der Waals surface area contributed by atoms with E-state index in [9.17, 15) is 0 Å². The smallest absolute Gasteiger partial charge is 0.134 e. The molecule has 5 rings (SSSR count). The molecule has 2 bridgehead atoms. The van der Waals surface area contributed by atoms with Crippen molar-refractivity contribution in [3.63, 3.8) is 0 Å². The molecule has 0 aliphatic heterocycles. The van der Waals surface area contributed by atoms with E-state index < -0.39 is 0 Å². The molecular formula is C17H20N2O. The summed E-state index contributed by atoms with van der Waals surface area (Å²) in [4.78, 5) is 0. The molecule has 0 saturated heterocycles. The first-order chi connectivity index (χ1) is 9.86. The Morgan fingerprint density at radius 2 is 1.90 bits per heavy atom. The van der Waals surface area contributed by atoms with Crippen molar-refractivity contribution in [1.82, 2.24) is 5.43 Å². The van der Waals surface area contributed by atoms with E-state index in [1.807, 2.05) is 12.1 Å². The van der Waals surface area contributed by atoms with Crippen LogP contribution in [0.25, 0.3) is 11.0 Å². The molecule has 2 aromatic rings. The van der Waals surface area contributed by atoms with Crippen LogP contribution in [0.2, 0.25) is 0 Å². The highest BCUT2D eigenvalue weighted by Gasteiger charge is 2.67. The van der Waals surface area contributed by atoms with E-state index in [4.69, 9.17) is 10.3 Å². The maximum atomic E-state index is 6.04. The second-order valence-electron chi connectivity index (χ2n) is 6.90. The van der Waals surface area contributed by atoms with Gasteiger partial charge in [0.1, 0.15) is 11.3 Å². The molecule has 3 fully saturated rings. The van der Waals surface area contributed by atoms with Gasteiger partial charge in [-0.1, -0.05) is 18.2 Å². The van der Waals surface area contributed by atoms with Crippen molar-refractivity contribution in [2.24, 2.45) is 35.4 Å². The van der Waals surface area contributed by atoms with Crippen LogP contribution < -0.4 is 11.3 Å². The van der Waals surface area contributed by atoms with Crippen molar-refractivity contribution >= 4 is 11.0 Å². The number of hydrazine groups is 1. The summed E-state index contributed by atoms with van der Waals surface area (Å²) in [6.45, 7) is 0. The number of nitrogens with one attached hydrogen (secondary N) is 1. The van der Waals surface area contributed by atoms with Crippen molar-refractivity contribution < 1.29 is 4.42 Å². The Morgan fingerprint density at radius 1 is 1.15 bits per heavy atom. The van der Waals surface area contributed by atoms with Crippen LogP contribution in [0.3, 0.4) is 0 Å². The number of para-hydroxylation sites is 1. The number of furan rings is 1. The molecule has 1 heterocycles. The molecule has 20 heavy (non-hydrogen) atoms. The predicted octanol–water partition coefficient (Wildman–Crippen LogP) is 3.23. The summed E-state index contributed by atoms with van der Waals surface area (Å²) < 4.78 is 6.04. The third kappa shape index (κ3) is 1.37. The monoisotopic (exact) mass is 268 g/mol. The Labute approximate surface area is 118 Å².